The van der Waals surface area contributed by atoms with Gasteiger partial charge in [0.2, 0.25) is 5.72 Å². The van der Waals surface area contributed by atoms with Crippen molar-refractivity contribution in [3.63, 3.8) is 0 Å². The second kappa shape index (κ2) is 7.75. The molecule has 2 aromatic rings. The van der Waals surface area contributed by atoms with Gasteiger partial charge in [-0.3, -0.25) is 0 Å². The molecule has 1 atom stereocenters. The highest BCUT2D eigenvalue weighted by molar-refractivity contribution is 6.02. The lowest BCUT2D eigenvalue weighted by Crippen LogP contribution is -3.16. The maximum Gasteiger partial charge on any atom is 0.208 e. The number of ether oxygens (including phenoxy) is 3. The maximum atomic E-state index is 6.73. The van der Waals surface area contributed by atoms with Crippen LogP contribution in [0.1, 0.15) is 50.3 Å². The Balaban J connectivity index is 1.52. The van der Waals surface area contributed by atoms with Crippen LogP contribution in [-0.4, -0.2) is 49.8 Å². The number of hydrogen-bond acceptors (Lipinski definition) is 5. The van der Waals surface area contributed by atoms with Crippen molar-refractivity contribution in [3.05, 3.63) is 53.6 Å². The van der Waals surface area contributed by atoms with Crippen LogP contribution in [-0.2, 0) is 0 Å². The number of likely N-dealkylation sites (tertiary alicyclic amines) is 1. The van der Waals surface area contributed by atoms with E-state index >= 15 is 0 Å². The van der Waals surface area contributed by atoms with Crippen molar-refractivity contribution in [2.24, 2.45) is 5.10 Å². The van der Waals surface area contributed by atoms with Crippen LogP contribution >= 0.6 is 0 Å². The van der Waals surface area contributed by atoms with Gasteiger partial charge in [-0.1, -0.05) is 18.2 Å². The molecule has 3 heterocycles. The average Bonchev–Trinajstić information content (AvgIpc) is 3.26. The Hall–Kier alpha value is -2.73. The summed E-state index contributed by atoms with van der Waals surface area (Å²) in [7, 11) is 3.33. The fraction of sp³-hybridized carbons (Fsp3) is 0.480. The Morgan fingerprint density at radius 3 is 2.52 bits per heavy atom. The van der Waals surface area contributed by atoms with Crippen LogP contribution in [0.2, 0.25) is 0 Å². The van der Waals surface area contributed by atoms with Gasteiger partial charge in [0.05, 0.1) is 57.9 Å². The van der Waals surface area contributed by atoms with Crippen molar-refractivity contribution < 1.29 is 19.1 Å². The van der Waals surface area contributed by atoms with Gasteiger partial charge in [-0.15, -0.1) is 0 Å². The topological polar surface area (TPSA) is 47.7 Å². The van der Waals surface area contributed by atoms with E-state index in [1.807, 2.05) is 12.1 Å². The van der Waals surface area contributed by atoms with Gasteiger partial charge in [-0.2, -0.15) is 5.10 Å². The number of fused-ring (bicyclic) bond motifs is 4. The molecular weight excluding hydrogens is 390 g/mol. The molecule has 6 heteroatoms. The summed E-state index contributed by atoms with van der Waals surface area (Å²) in [4.78, 5) is 1.65. The molecule has 164 valence electrons. The van der Waals surface area contributed by atoms with E-state index in [1.165, 1.54) is 5.56 Å². The largest absolute Gasteiger partial charge is 0.493 e. The highest BCUT2D eigenvalue weighted by Gasteiger charge is 2.53. The summed E-state index contributed by atoms with van der Waals surface area (Å²) in [6, 6.07) is 15.4. The molecule has 1 fully saturated rings. The minimum absolute atomic E-state index is 0.202. The van der Waals surface area contributed by atoms with E-state index in [-0.39, 0.29) is 11.8 Å². The minimum atomic E-state index is -0.365. The van der Waals surface area contributed by atoms with Crippen molar-refractivity contribution in [1.29, 1.82) is 0 Å². The smallest absolute Gasteiger partial charge is 0.208 e. The molecule has 0 aromatic heterocycles. The molecule has 6 nitrogen and oxygen atoms in total. The van der Waals surface area contributed by atoms with Gasteiger partial charge >= 0.3 is 0 Å². The van der Waals surface area contributed by atoms with Crippen molar-refractivity contribution in [2.45, 2.75) is 50.9 Å². The number of nitrogens with zero attached hydrogens (tertiary/aromatic N) is 2. The molecule has 0 saturated carbocycles. The van der Waals surface area contributed by atoms with Gasteiger partial charge in [0.15, 0.2) is 11.5 Å². The molecule has 0 bridgehead atoms. The van der Waals surface area contributed by atoms with Gasteiger partial charge in [0.1, 0.15) is 5.75 Å². The molecule has 5 rings (SSSR count). The summed E-state index contributed by atoms with van der Waals surface area (Å²) in [5.74, 6) is 2.48. The zero-order chi connectivity index (χ0) is 21.6. The van der Waals surface area contributed by atoms with Crippen LogP contribution in [0, 0.1) is 0 Å². The first kappa shape index (κ1) is 20.2. The molecule has 2 aromatic carbocycles. The summed E-state index contributed by atoms with van der Waals surface area (Å²) in [5, 5.41) is 7.45. The third-order valence-corrected chi connectivity index (χ3v) is 7.11. The summed E-state index contributed by atoms with van der Waals surface area (Å²) in [5.41, 5.74) is 3.01. The molecule has 31 heavy (non-hydrogen) atoms. The van der Waals surface area contributed by atoms with E-state index in [2.05, 4.69) is 49.2 Å². The first-order valence-corrected chi connectivity index (χ1v) is 11.3. The van der Waals surface area contributed by atoms with E-state index in [1.54, 1.807) is 19.1 Å². The van der Waals surface area contributed by atoms with Gasteiger partial charge < -0.3 is 19.1 Å². The SMILES string of the molecule is COc1ccc(C2=NN3[C@@H](C2)c2ccccc2OC32CC[NH+](C(C)C)CC2)cc1OC. The Morgan fingerprint density at radius 2 is 1.81 bits per heavy atom. The number of hydrogen-bond donors (Lipinski definition) is 1. The van der Waals surface area contributed by atoms with Crippen molar-refractivity contribution in [2.75, 3.05) is 27.3 Å². The van der Waals surface area contributed by atoms with Gasteiger partial charge in [0, 0.05) is 17.5 Å². The first-order valence-electron chi connectivity index (χ1n) is 11.3. The lowest BCUT2D eigenvalue weighted by atomic mass is 9.90. The Labute approximate surface area is 184 Å². The number of methoxy groups -OCH3 is 2. The van der Waals surface area contributed by atoms with Crippen LogP contribution in [0.25, 0.3) is 0 Å². The summed E-state index contributed by atoms with van der Waals surface area (Å²) in [6.07, 6.45) is 2.82. The fourth-order valence-corrected chi connectivity index (χ4v) is 5.29. The number of quaternary nitrogens is 1. The fourth-order valence-electron chi connectivity index (χ4n) is 5.29. The summed E-state index contributed by atoms with van der Waals surface area (Å²) < 4.78 is 17.7. The van der Waals surface area contributed by atoms with Crippen molar-refractivity contribution in [3.8, 4) is 17.2 Å². The summed E-state index contributed by atoms with van der Waals surface area (Å²) >= 11 is 0. The number of para-hydroxylation sites is 1. The van der Waals surface area contributed by atoms with Gasteiger partial charge in [-0.25, -0.2) is 5.01 Å². The molecule has 0 radical (unpaired) electrons. The quantitative estimate of drug-likeness (QED) is 0.823. The highest BCUT2D eigenvalue weighted by atomic mass is 16.5. The molecule has 0 amide bonds. The van der Waals surface area contributed by atoms with Gasteiger partial charge in [0.25, 0.3) is 0 Å². The van der Waals surface area contributed by atoms with E-state index < -0.39 is 0 Å². The van der Waals surface area contributed by atoms with Crippen LogP contribution in [0.15, 0.2) is 47.6 Å². The predicted octanol–water partition coefficient (Wildman–Crippen LogP) is 3.03. The minimum Gasteiger partial charge on any atom is -0.493 e. The molecule has 3 aliphatic rings. The lowest BCUT2D eigenvalue weighted by Gasteiger charge is -2.50. The Morgan fingerprint density at radius 1 is 1.06 bits per heavy atom. The number of piperidine rings is 1. The molecule has 1 N–H and O–H groups in total. The van der Waals surface area contributed by atoms with Crippen LogP contribution in [0.5, 0.6) is 17.2 Å². The van der Waals surface area contributed by atoms with Crippen LogP contribution in [0.4, 0.5) is 0 Å². The third-order valence-electron chi connectivity index (χ3n) is 7.11. The highest BCUT2D eigenvalue weighted by Crippen LogP contribution is 2.49. The van der Waals surface area contributed by atoms with Crippen molar-refractivity contribution in [1.82, 2.24) is 5.01 Å². The van der Waals surface area contributed by atoms with Crippen molar-refractivity contribution >= 4 is 5.71 Å². The third kappa shape index (κ3) is 3.33. The molecule has 0 unspecified atom stereocenters. The second-order valence-electron chi connectivity index (χ2n) is 9.08. The van der Waals surface area contributed by atoms with E-state index in [4.69, 9.17) is 19.3 Å². The zero-order valence-corrected chi connectivity index (χ0v) is 18.9. The zero-order valence-electron chi connectivity index (χ0n) is 18.9. The number of benzene rings is 2. The van der Waals surface area contributed by atoms with Crippen LogP contribution < -0.4 is 19.1 Å². The van der Waals surface area contributed by atoms with E-state index in [9.17, 15) is 0 Å². The predicted molar refractivity (Wildman–Crippen MR) is 120 cm³/mol. The number of nitrogens with one attached hydrogen (secondary N) is 1. The van der Waals surface area contributed by atoms with Crippen LogP contribution in [0.3, 0.4) is 0 Å². The normalized spacial score (nSPS) is 26.9. The van der Waals surface area contributed by atoms with E-state index in [0.717, 1.165) is 60.9 Å². The first-order chi connectivity index (χ1) is 15.0. The average molecular weight is 423 g/mol. The monoisotopic (exact) mass is 422 g/mol. The molecule has 1 spiro atoms. The molecule has 1 saturated heterocycles. The molecular formula is C25H32N3O3+. The maximum absolute atomic E-state index is 6.73. The molecule has 3 aliphatic heterocycles. The Bertz CT molecular complexity index is 995. The second-order valence-corrected chi connectivity index (χ2v) is 9.08. The molecule has 0 aliphatic carbocycles. The van der Waals surface area contributed by atoms with E-state index in [0.29, 0.717) is 6.04 Å². The van der Waals surface area contributed by atoms with Gasteiger partial charge in [-0.05, 0) is 38.1 Å². The standard InChI is InChI=1S/C25H31N3O3/c1-17(2)27-13-11-25(12-14-27)28-21(19-7-5-6-8-22(19)31-25)16-20(26-28)18-9-10-23(29-3)24(15-18)30-4/h5-10,15,17,21H,11-14,16H2,1-4H3/p+1/t21-/m0/s1. The number of rotatable bonds is 4. The summed E-state index contributed by atoms with van der Waals surface area (Å²) in [6.45, 7) is 6.81. The lowest BCUT2D eigenvalue weighted by molar-refractivity contribution is -0.929. The Kier molecular flexibility index (Phi) is 5.05. The number of hydrazone groups is 1.